The normalized spacial score (nSPS) is 19.0. The molecule has 158 valence electrons. The molecule has 1 aliphatic heterocycles. The Hall–Kier alpha value is -1.95. The van der Waals surface area contributed by atoms with Gasteiger partial charge in [0.05, 0.1) is 24.7 Å². The SMILES string of the molecule is COc1ccc(C2=C(SC(C)C)C(=O)N(C3CCCCCCC3)C2=O)cc1OC. The molecule has 1 heterocycles. The van der Waals surface area contributed by atoms with E-state index in [2.05, 4.69) is 0 Å². The number of hydrogen-bond acceptors (Lipinski definition) is 5. The van der Waals surface area contributed by atoms with Gasteiger partial charge in [-0.25, -0.2) is 0 Å². The Morgan fingerprint density at radius 1 is 0.931 bits per heavy atom. The van der Waals surface area contributed by atoms with Crippen LogP contribution in [0.1, 0.15) is 64.4 Å². The fourth-order valence-corrected chi connectivity index (χ4v) is 5.14. The maximum atomic E-state index is 13.5. The van der Waals surface area contributed by atoms with E-state index in [1.807, 2.05) is 19.9 Å². The van der Waals surface area contributed by atoms with Crippen LogP contribution in [0.4, 0.5) is 0 Å². The van der Waals surface area contributed by atoms with Gasteiger partial charge in [-0.2, -0.15) is 0 Å². The number of rotatable bonds is 6. The van der Waals surface area contributed by atoms with Crippen LogP contribution in [0.5, 0.6) is 11.5 Å². The molecule has 1 fully saturated rings. The summed E-state index contributed by atoms with van der Waals surface area (Å²) >= 11 is 1.47. The highest BCUT2D eigenvalue weighted by Crippen LogP contribution is 2.42. The number of imide groups is 1. The second kappa shape index (κ2) is 9.70. The van der Waals surface area contributed by atoms with Crippen molar-refractivity contribution >= 4 is 29.1 Å². The Balaban J connectivity index is 2.00. The molecule has 0 saturated heterocycles. The topological polar surface area (TPSA) is 55.8 Å². The molecule has 2 amide bonds. The van der Waals surface area contributed by atoms with Crippen molar-refractivity contribution in [2.24, 2.45) is 0 Å². The molecule has 2 aliphatic rings. The first-order valence-electron chi connectivity index (χ1n) is 10.5. The van der Waals surface area contributed by atoms with E-state index in [4.69, 9.17) is 9.47 Å². The fraction of sp³-hybridized carbons (Fsp3) is 0.565. The summed E-state index contributed by atoms with van der Waals surface area (Å²) < 4.78 is 10.8. The Bertz CT molecular complexity index is 794. The summed E-state index contributed by atoms with van der Waals surface area (Å²) in [4.78, 5) is 29.0. The smallest absolute Gasteiger partial charge is 0.268 e. The standard InChI is InChI=1S/C23H31NO4S/c1-15(2)29-21-20(16-12-13-18(27-3)19(14-16)28-4)22(25)24(23(21)26)17-10-8-6-5-7-9-11-17/h12-15,17H,5-11H2,1-4H3. The van der Waals surface area contributed by atoms with Crippen molar-refractivity contribution in [1.82, 2.24) is 4.90 Å². The molecule has 1 aromatic carbocycles. The molecule has 1 saturated carbocycles. The summed E-state index contributed by atoms with van der Waals surface area (Å²) in [6.07, 6.45) is 7.54. The number of amides is 2. The Kier molecular flexibility index (Phi) is 7.28. The molecule has 0 aromatic heterocycles. The van der Waals surface area contributed by atoms with Crippen LogP contribution in [-0.2, 0) is 9.59 Å². The van der Waals surface area contributed by atoms with Gasteiger partial charge in [0, 0.05) is 11.3 Å². The summed E-state index contributed by atoms with van der Waals surface area (Å²) in [7, 11) is 3.15. The molecule has 0 radical (unpaired) electrons. The lowest BCUT2D eigenvalue weighted by Crippen LogP contribution is -2.41. The zero-order valence-electron chi connectivity index (χ0n) is 17.8. The molecule has 1 aliphatic carbocycles. The second-order valence-corrected chi connectivity index (χ2v) is 9.51. The van der Waals surface area contributed by atoms with E-state index in [1.165, 1.54) is 31.0 Å². The molecule has 0 unspecified atom stereocenters. The number of nitrogens with zero attached hydrogens (tertiary/aromatic N) is 1. The van der Waals surface area contributed by atoms with Crippen molar-refractivity contribution in [2.45, 2.75) is 70.1 Å². The Morgan fingerprint density at radius 2 is 1.55 bits per heavy atom. The first kappa shape index (κ1) is 21.8. The Labute approximate surface area is 177 Å². The van der Waals surface area contributed by atoms with Gasteiger partial charge in [0.25, 0.3) is 11.8 Å². The van der Waals surface area contributed by atoms with Crippen molar-refractivity contribution in [3.05, 3.63) is 28.7 Å². The summed E-state index contributed by atoms with van der Waals surface area (Å²) in [6, 6.07) is 5.41. The minimum Gasteiger partial charge on any atom is -0.493 e. The van der Waals surface area contributed by atoms with Gasteiger partial charge in [0.1, 0.15) is 0 Å². The van der Waals surface area contributed by atoms with Gasteiger partial charge in [-0.15, -0.1) is 11.8 Å². The predicted molar refractivity (Wildman–Crippen MR) is 117 cm³/mol. The molecule has 0 atom stereocenters. The third kappa shape index (κ3) is 4.63. The maximum absolute atomic E-state index is 13.5. The molecule has 0 bridgehead atoms. The van der Waals surface area contributed by atoms with Crippen molar-refractivity contribution in [3.63, 3.8) is 0 Å². The first-order chi connectivity index (χ1) is 14.0. The molecular formula is C23H31NO4S. The van der Waals surface area contributed by atoms with Gasteiger partial charge in [0.2, 0.25) is 0 Å². The monoisotopic (exact) mass is 417 g/mol. The highest BCUT2D eigenvalue weighted by molar-refractivity contribution is 8.04. The Morgan fingerprint density at radius 3 is 2.14 bits per heavy atom. The molecule has 6 heteroatoms. The molecule has 0 N–H and O–H groups in total. The summed E-state index contributed by atoms with van der Waals surface area (Å²) in [5.74, 6) is 0.847. The van der Waals surface area contributed by atoms with Crippen molar-refractivity contribution in [1.29, 1.82) is 0 Å². The van der Waals surface area contributed by atoms with Crippen LogP contribution in [0.3, 0.4) is 0 Å². The largest absolute Gasteiger partial charge is 0.493 e. The summed E-state index contributed by atoms with van der Waals surface area (Å²) in [6.45, 7) is 4.08. The zero-order valence-corrected chi connectivity index (χ0v) is 18.6. The molecular weight excluding hydrogens is 386 g/mol. The quantitative estimate of drug-likeness (QED) is 0.607. The van der Waals surface area contributed by atoms with Gasteiger partial charge in [-0.3, -0.25) is 14.5 Å². The summed E-state index contributed by atoms with van der Waals surface area (Å²) in [5, 5.41) is 0.203. The maximum Gasteiger partial charge on any atom is 0.268 e. The number of ether oxygens (including phenoxy) is 2. The van der Waals surface area contributed by atoms with E-state index < -0.39 is 0 Å². The third-order valence-corrected chi connectivity index (χ3v) is 6.62. The van der Waals surface area contributed by atoms with Crippen LogP contribution in [-0.4, -0.2) is 42.2 Å². The molecule has 29 heavy (non-hydrogen) atoms. The van der Waals surface area contributed by atoms with E-state index in [0.29, 0.717) is 27.5 Å². The van der Waals surface area contributed by atoms with Crippen LogP contribution in [0.2, 0.25) is 0 Å². The second-order valence-electron chi connectivity index (χ2n) is 7.92. The highest BCUT2D eigenvalue weighted by atomic mass is 32.2. The first-order valence-corrected chi connectivity index (χ1v) is 11.4. The molecule has 3 rings (SSSR count). The zero-order chi connectivity index (χ0) is 21.0. The van der Waals surface area contributed by atoms with E-state index >= 15 is 0 Å². The van der Waals surface area contributed by atoms with Gasteiger partial charge in [0.15, 0.2) is 11.5 Å². The number of hydrogen-bond donors (Lipinski definition) is 0. The van der Waals surface area contributed by atoms with E-state index in [9.17, 15) is 9.59 Å². The number of benzene rings is 1. The number of methoxy groups -OCH3 is 2. The van der Waals surface area contributed by atoms with Crippen molar-refractivity contribution in [3.8, 4) is 11.5 Å². The van der Waals surface area contributed by atoms with Crippen LogP contribution in [0, 0.1) is 0 Å². The number of thioether (sulfide) groups is 1. The lowest BCUT2D eigenvalue weighted by Gasteiger charge is -2.28. The predicted octanol–water partition coefficient (Wildman–Crippen LogP) is 5.04. The average Bonchev–Trinajstić information content (AvgIpc) is 2.91. The molecule has 5 nitrogen and oxygen atoms in total. The van der Waals surface area contributed by atoms with Crippen LogP contribution >= 0.6 is 11.8 Å². The van der Waals surface area contributed by atoms with Crippen molar-refractivity contribution < 1.29 is 19.1 Å². The average molecular weight is 418 g/mol. The lowest BCUT2D eigenvalue weighted by molar-refractivity contribution is -0.139. The highest BCUT2D eigenvalue weighted by Gasteiger charge is 2.43. The fourth-order valence-electron chi connectivity index (χ4n) is 4.14. The van der Waals surface area contributed by atoms with Crippen LogP contribution < -0.4 is 9.47 Å². The van der Waals surface area contributed by atoms with Crippen LogP contribution in [0.25, 0.3) is 5.57 Å². The molecule has 0 spiro atoms. The number of carbonyl (C=O) groups is 2. The summed E-state index contributed by atoms with van der Waals surface area (Å²) in [5.41, 5.74) is 1.20. The van der Waals surface area contributed by atoms with Gasteiger partial charge in [-0.05, 0) is 30.5 Å². The minimum atomic E-state index is -0.170. The van der Waals surface area contributed by atoms with Gasteiger partial charge >= 0.3 is 0 Å². The van der Waals surface area contributed by atoms with E-state index in [-0.39, 0.29) is 23.1 Å². The van der Waals surface area contributed by atoms with E-state index in [1.54, 1.807) is 31.3 Å². The lowest BCUT2D eigenvalue weighted by atomic mass is 9.95. The van der Waals surface area contributed by atoms with Gasteiger partial charge < -0.3 is 9.47 Å². The molecule has 1 aromatic rings. The number of carbonyl (C=O) groups excluding carboxylic acids is 2. The van der Waals surface area contributed by atoms with Gasteiger partial charge in [-0.1, -0.05) is 52.0 Å². The van der Waals surface area contributed by atoms with Crippen LogP contribution in [0.15, 0.2) is 23.1 Å². The minimum absolute atomic E-state index is 0.00398. The van der Waals surface area contributed by atoms with Crippen molar-refractivity contribution in [2.75, 3.05) is 14.2 Å². The van der Waals surface area contributed by atoms with E-state index in [0.717, 1.165) is 25.7 Å². The third-order valence-electron chi connectivity index (χ3n) is 5.54.